The second kappa shape index (κ2) is 22.9. The van der Waals surface area contributed by atoms with Gasteiger partial charge in [0, 0.05) is 13.1 Å². The molecule has 6 aromatic carbocycles. The molecule has 0 spiro atoms. The summed E-state index contributed by atoms with van der Waals surface area (Å²) in [5, 5.41) is 6.44. The van der Waals surface area contributed by atoms with Crippen molar-refractivity contribution in [1.29, 1.82) is 0 Å². The van der Waals surface area contributed by atoms with Crippen molar-refractivity contribution in [2.24, 2.45) is 0 Å². The van der Waals surface area contributed by atoms with Crippen LogP contribution in [0.1, 0.15) is 46.2 Å². The van der Waals surface area contributed by atoms with Crippen LogP contribution in [-0.2, 0) is 77.6 Å². The zero-order valence-electron chi connectivity index (χ0n) is 33.2. The molecule has 0 saturated heterocycles. The first-order valence-electron chi connectivity index (χ1n) is 19.8. The Kier molecular flexibility index (Phi) is 16.3. The Hall–Kier alpha value is -6.88. The predicted octanol–water partition coefficient (Wildman–Crippen LogP) is 8.02. The third-order valence-electron chi connectivity index (χ3n) is 9.54. The Morgan fingerprint density at radius 1 is 0.367 bits per heavy atom. The zero-order valence-corrected chi connectivity index (χ0v) is 33.2. The van der Waals surface area contributed by atoms with E-state index in [9.17, 15) is 19.2 Å². The Morgan fingerprint density at radius 2 is 0.667 bits per heavy atom. The number of nitrogens with one attached hydrogen (secondary N) is 2. The van der Waals surface area contributed by atoms with Crippen molar-refractivity contribution < 1.29 is 38.1 Å². The molecule has 0 aliphatic carbocycles. The lowest BCUT2D eigenvalue weighted by Crippen LogP contribution is -2.39. The predicted molar refractivity (Wildman–Crippen MR) is 227 cm³/mol. The van der Waals surface area contributed by atoms with Crippen LogP contribution in [0.3, 0.4) is 0 Å². The Balaban J connectivity index is 1.08. The van der Waals surface area contributed by atoms with Crippen LogP contribution in [0.2, 0.25) is 0 Å². The Morgan fingerprint density at radius 3 is 1.00 bits per heavy atom. The van der Waals surface area contributed by atoms with Crippen LogP contribution in [0.5, 0.6) is 0 Å². The maximum Gasteiger partial charge on any atom is 0.324 e. The van der Waals surface area contributed by atoms with Gasteiger partial charge in [-0.05, 0) is 56.6 Å². The molecule has 10 nitrogen and oxygen atoms in total. The van der Waals surface area contributed by atoms with E-state index in [1.54, 1.807) is 0 Å². The molecule has 0 unspecified atom stereocenters. The number of esters is 4. The molecule has 2 atom stereocenters. The molecule has 0 amide bonds. The highest BCUT2D eigenvalue weighted by Gasteiger charge is 2.26. The van der Waals surface area contributed by atoms with Crippen molar-refractivity contribution in [3.63, 3.8) is 0 Å². The lowest BCUT2D eigenvalue weighted by atomic mass is 10.0. The van der Waals surface area contributed by atoms with Crippen LogP contribution < -0.4 is 10.6 Å². The highest BCUT2D eigenvalue weighted by Crippen LogP contribution is 2.22. The van der Waals surface area contributed by atoms with Gasteiger partial charge in [-0.2, -0.15) is 0 Å². The van der Waals surface area contributed by atoms with Gasteiger partial charge in [-0.1, -0.05) is 158 Å². The standard InChI is InChI=1S/C50H48N2O8/c53-47(57-33-37-15-5-1-6-16-37)29-45(49(55)59-35-39-19-9-3-10-20-39)51-31-41-23-13-25-43(27-41)44-26-14-24-42(28-44)32-52-46(50(56)60-36-40-21-11-4-12-22-40)30-48(54)58-34-38-17-7-2-8-18-38/h1-28,45-46,51-52H,29-36H2/t45-,46-/m0/s1. The van der Waals surface area contributed by atoms with E-state index in [0.717, 1.165) is 44.5 Å². The first kappa shape index (κ1) is 42.7. The van der Waals surface area contributed by atoms with Gasteiger partial charge in [0.05, 0.1) is 12.8 Å². The van der Waals surface area contributed by atoms with Crippen molar-refractivity contribution in [3.05, 3.63) is 203 Å². The molecule has 0 heterocycles. The van der Waals surface area contributed by atoms with Gasteiger partial charge in [-0.25, -0.2) is 0 Å². The van der Waals surface area contributed by atoms with Crippen LogP contribution in [0.25, 0.3) is 11.1 Å². The summed E-state index contributed by atoms with van der Waals surface area (Å²) in [6.07, 6.45) is -0.415. The molecule has 0 aromatic heterocycles. The number of carbonyl (C=O) groups is 4. The van der Waals surface area contributed by atoms with E-state index in [2.05, 4.69) is 10.6 Å². The molecule has 0 saturated carbocycles. The van der Waals surface area contributed by atoms with Crippen molar-refractivity contribution in [2.45, 2.75) is 64.4 Å². The molecule has 10 heteroatoms. The molecule has 2 N–H and O–H groups in total. The second-order valence-electron chi connectivity index (χ2n) is 14.2. The smallest absolute Gasteiger partial charge is 0.324 e. The summed E-state index contributed by atoms with van der Waals surface area (Å²) < 4.78 is 22.2. The molecule has 6 rings (SSSR count). The lowest BCUT2D eigenvalue weighted by molar-refractivity contribution is -0.154. The fourth-order valence-electron chi connectivity index (χ4n) is 6.27. The largest absolute Gasteiger partial charge is 0.461 e. The number of hydrogen-bond acceptors (Lipinski definition) is 10. The summed E-state index contributed by atoms with van der Waals surface area (Å²) in [5.41, 5.74) is 6.96. The van der Waals surface area contributed by atoms with E-state index in [1.165, 1.54) is 0 Å². The maximum atomic E-state index is 13.3. The van der Waals surface area contributed by atoms with Crippen LogP contribution in [0, 0.1) is 0 Å². The van der Waals surface area contributed by atoms with E-state index in [-0.39, 0.29) is 52.4 Å². The fraction of sp³-hybridized carbons (Fsp3) is 0.200. The summed E-state index contributed by atoms with van der Waals surface area (Å²) >= 11 is 0. The van der Waals surface area contributed by atoms with Gasteiger partial charge in [-0.15, -0.1) is 0 Å². The minimum atomic E-state index is -0.946. The maximum absolute atomic E-state index is 13.3. The zero-order chi connectivity index (χ0) is 41.8. The molecule has 0 fully saturated rings. The topological polar surface area (TPSA) is 129 Å². The van der Waals surface area contributed by atoms with Gasteiger partial charge >= 0.3 is 23.9 Å². The molecule has 0 aliphatic heterocycles. The van der Waals surface area contributed by atoms with E-state index in [4.69, 9.17) is 18.9 Å². The van der Waals surface area contributed by atoms with Gasteiger partial charge in [0.25, 0.3) is 0 Å². The van der Waals surface area contributed by atoms with Crippen LogP contribution in [0.4, 0.5) is 0 Å². The van der Waals surface area contributed by atoms with E-state index >= 15 is 0 Å². The minimum Gasteiger partial charge on any atom is -0.461 e. The third-order valence-corrected chi connectivity index (χ3v) is 9.54. The normalized spacial score (nSPS) is 11.8. The molecular weight excluding hydrogens is 757 g/mol. The van der Waals surface area contributed by atoms with Gasteiger partial charge in [0.15, 0.2) is 0 Å². The van der Waals surface area contributed by atoms with Gasteiger partial charge in [0.1, 0.15) is 38.5 Å². The quantitative estimate of drug-likeness (QED) is 0.0545. The molecular formula is C50H48N2O8. The summed E-state index contributed by atoms with van der Waals surface area (Å²) in [4.78, 5) is 52.5. The van der Waals surface area contributed by atoms with Crippen molar-refractivity contribution >= 4 is 23.9 Å². The van der Waals surface area contributed by atoms with Crippen LogP contribution in [0.15, 0.2) is 170 Å². The first-order chi connectivity index (χ1) is 29.4. The van der Waals surface area contributed by atoms with E-state index in [1.807, 2.05) is 170 Å². The highest BCUT2D eigenvalue weighted by atomic mass is 16.5. The summed E-state index contributed by atoms with van der Waals surface area (Å²) in [6.45, 7) is 0.903. The molecule has 0 radical (unpaired) electrons. The van der Waals surface area contributed by atoms with Gasteiger partial charge in [-0.3, -0.25) is 29.8 Å². The molecule has 306 valence electrons. The number of ether oxygens (including phenoxy) is 4. The molecule has 0 bridgehead atoms. The van der Waals surface area contributed by atoms with Crippen molar-refractivity contribution in [3.8, 4) is 11.1 Å². The number of carbonyl (C=O) groups excluding carboxylic acids is 4. The minimum absolute atomic E-state index is 0.0750. The SMILES string of the molecule is O=C(C[C@H](NCc1cccc(-c2cccc(CN[C@@H](CC(=O)OCc3ccccc3)C(=O)OCc3ccccc3)c2)c1)C(=O)OCc1ccccc1)OCc1ccccc1. The summed E-state index contributed by atoms with van der Waals surface area (Å²) in [7, 11) is 0. The molecule has 0 aliphatic rings. The fourth-order valence-corrected chi connectivity index (χ4v) is 6.27. The molecule has 60 heavy (non-hydrogen) atoms. The van der Waals surface area contributed by atoms with Crippen molar-refractivity contribution in [1.82, 2.24) is 10.6 Å². The molecule has 6 aromatic rings. The van der Waals surface area contributed by atoms with Crippen molar-refractivity contribution in [2.75, 3.05) is 0 Å². The Bertz CT molecular complexity index is 2110. The number of rotatable bonds is 21. The highest BCUT2D eigenvalue weighted by molar-refractivity contribution is 5.83. The third kappa shape index (κ3) is 14.2. The summed E-state index contributed by atoms with van der Waals surface area (Å²) in [5.74, 6) is -2.16. The van der Waals surface area contributed by atoms with Crippen LogP contribution in [-0.4, -0.2) is 36.0 Å². The van der Waals surface area contributed by atoms with Gasteiger partial charge in [0.2, 0.25) is 0 Å². The number of hydrogen-bond donors (Lipinski definition) is 2. The monoisotopic (exact) mass is 804 g/mol. The average Bonchev–Trinajstić information content (AvgIpc) is 3.30. The lowest BCUT2D eigenvalue weighted by Gasteiger charge is -2.18. The van der Waals surface area contributed by atoms with E-state index < -0.39 is 36.0 Å². The first-order valence-corrected chi connectivity index (χ1v) is 19.8. The summed E-state index contributed by atoms with van der Waals surface area (Å²) in [6, 6.07) is 51.2. The van der Waals surface area contributed by atoms with E-state index in [0.29, 0.717) is 0 Å². The van der Waals surface area contributed by atoms with Crippen LogP contribution >= 0.6 is 0 Å². The average molecular weight is 805 g/mol. The van der Waals surface area contributed by atoms with Gasteiger partial charge < -0.3 is 18.9 Å². The Labute approximate surface area is 350 Å². The number of benzene rings is 6. The second-order valence-corrected chi connectivity index (χ2v) is 14.2.